The Bertz CT molecular complexity index is 1070. The van der Waals surface area contributed by atoms with Crippen molar-refractivity contribution in [1.29, 1.82) is 0 Å². The lowest BCUT2D eigenvalue weighted by Gasteiger charge is -2.35. The van der Waals surface area contributed by atoms with Crippen molar-refractivity contribution in [2.24, 2.45) is 0 Å². The van der Waals surface area contributed by atoms with Gasteiger partial charge in [0.1, 0.15) is 11.5 Å². The standard InChI is InChI=1S/C22H28N6O3/c1-2-19(29)27-10-8-14-17(12-27)23-20(24-21(14)30)18-5-3-4-9-28(18)22(31)16-11-15(25-26-16)13-6-7-13/h11,13,18H,2-10,12H2,1H3,(H,25,26)(H,23,24,30). The van der Waals surface area contributed by atoms with E-state index in [0.29, 0.717) is 61.2 Å². The van der Waals surface area contributed by atoms with Crippen LogP contribution in [-0.2, 0) is 17.8 Å². The van der Waals surface area contributed by atoms with Gasteiger partial charge >= 0.3 is 0 Å². The predicted molar refractivity (Wildman–Crippen MR) is 112 cm³/mol. The van der Waals surface area contributed by atoms with Gasteiger partial charge in [-0.05, 0) is 44.6 Å². The zero-order valence-corrected chi connectivity index (χ0v) is 17.8. The number of H-pyrrole nitrogens is 2. The molecular formula is C22H28N6O3. The van der Waals surface area contributed by atoms with Crippen molar-refractivity contribution in [3.05, 3.63) is 44.9 Å². The molecule has 2 N–H and O–H groups in total. The SMILES string of the molecule is CCC(=O)N1CCc2c(nc(C3CCCCN3C(=O)c3cc(C4CC4)[nH]n3)[nH]c2=O)C1. The molecule has 2 fully saturated rings. The number of carbonyl (C=O) groups excluding carboxylic acids is 2. The molecule has 2 aromatic rings. The average molecular weight is 425 g/mol. The van der Waals surface area contributed by atoms with Crippen LogP contribution >= 0.6 is 0 Å². The normalized spacial score (nSPS) is 21.1. The Morgan fingerprint density at radius 3 is 2.81 bits per heavy atom. The first kappa shape index (κ1) is 20.0. The smallest absolute Gasteiger partial charge is 0.274 e. The monoisotopic (exact) mass is 424 g/mol. The largest absolute Gasteiger partial charge is 0.336 e. The molecule has 0 radical (unpaired) electrons. The number of aromatic nitrogens is 4. The van der Waals surface area contributed by atoms with Gasteiger partial charge in [-0.15, -0.1) is 0 Å². The van der Waals surface area contributed by atoms with E-state index in [9.17, 15) is 14.4 Å². The summed E-state index contributed by atoms with van der Waals surface area (Å²) in [6.07, 6.45) is 5.83. The first-order chi connectivity index (χ1) is 15.0. The number of piperidine rings is 1. The highest BCUT2D eigenvalue weighted by Gasteiger charge is 2.34. The Morgan fingerprint density at radius 1 is 1.19 bits per heavy atom. The maximum absolute atomic E-state index is 13.3. The lowest BCUT2D eigenvalue weighted by Crippen LogP contribution is -2.42. The van der Waals surface area contributed by atoms with Gasteiger partial charge in [-0.2, -0.15) is 5.10 Å². The van der Waals surface area contributed by atoms with Crippen LogP contribution in [0.3, 0.4) is 0 Å². The molecule has 9 nitrogen and oxygen atoms in total. The Kier molecular flexibility index (Phi) is 5.11. The van der Waals surface area contributed by atoms with Crippen molar-refractivity contribution >= 4 is 11.8 Å². The van der Waals surface area contributed by atoms with Crippen molar-refractivity contribution in [3.63, 3.8) is 0 Å². The molecule has 0 spiro atoms. The minimum absolute atomic E-state index is 0.0637. The minimum atomic E-state index is -0.294. The van der Waals surface area contributed by atoms with E-state index >= 15 is 0 Å². The highest BCUT2D eigenvalue weighted by molar-refractivity contribution is 5.92. The zero-order valence-electron chi connectivity index (χ0n) is 17.8. The minimum Gasteiger partial charge on any atom is -0.336 e. The summed E-state index contributed by atoms with van der Waals surface area (Å²) in [5.41, 5.74) is 2.60. The van der Waals surface area contributed by atoms with Crippen molar-refractivity contribution in [2.45, 2.75) is 70.4 Å². The van der Waals surface area contributed by atoms with Crippen LogP contribution in [0, 0.1) is 0 Å². The highest BCUT2D eigenvalue weighted by Crippen LogP contribution is 2.39. The topological polar surface area (TPSA) is 115 Å². The summed E-state index contributed by atoms with van der Waals surface area (Å²) in [4.78, 5) is 49.4. The Labute approximate surface area is 180 Å². The van der Waals surface area contributed by atoms with E-state index in [4.69, 9.17) is 4.98 Å². The lowest BCUT2D eigenvalue weighted by molar-refractivity contribution is -0.131. The Morgan fingerprint density at radius 2 is 2.03 bits per heavy atom. The van der Waals surface area contributed by atoms with E-state index in [2.05, 4.69) is 15.2 Å². The molecule has 1 unspecified atom stereocenters. The van der Waals surface area contributed by atoms with Crippen LogP contribution in [0.1, 0.15) is 90.7 Å². The molecule has 2 amide bonds. The van der Waals surface area contributed by atoms with Gasteiger partial charge in [0.05, 0.1) is 18.3 Å². The van der Waals surface area contributed by atoms with Crippen LogP contribution in [0.25, 0.3) is 0 Å². The maximum Gasteiger partial charge on any atom is 0.274 e. The van der Waals surface area contributed by atoms with Crippen LogP contribution in [0.5, 0.6) is 0 Å². The summed E-state index contributed by atoms with van der Waals surface area (Å²) < 4.78 is 0. The third-order valence-corrected chi connectivity index (χ3v) is 6.66. The predicted octanol–water partition coefficient (Wildman–Crippen LogP) is 2.03. The summed E-state index contributed by atoms with van der Waals surface area (Å²) >= 11 is 0. The molecule has 0 bridgehead atoms. The van der Waals surface area contributed by atoms with Crippen LogP contribution < -0.4 is 5.56 Å². The molecule has 2 aliphatic heterocycles. The summed E-state index contributed by atoms with van der Waals surface area (Å²) in [6, 6.07) is 1.57. The summed E-state index contributed by atoms with van der Waals surface area (Å²) in [7, 11) is 0. The third-order valence-electron chi connectivity index (χ3n) is 6.66. The van der Waals surface area contributed by atoms with Crippen LogP contribution in [0.2, 0.25) is 0 Å². The molecule has 1 aliphatic carbocycles. The number of fused-ring (bicyclic) bond motifs is 1. The quantitative estimate of drug-likeness (QED) is 0.779. The van der Waals surface area contributed by atoms with Gasteiger partial charge in [-0.3, -0.25) is 19.5 Å². The van der Waals surface area contributed by atoms with E-state index in [1.807, 2.05) is 13.0 Å². The highest BCUT2D eigenvalue weighted by atomic mass is 16.2. The van der Waals surface area contributed by atoms with Crippen molar-refractivity contribution in [1.82, 2.24) is 30.0 Å². The summed E-state index contributed by atoms with van der Waals surface area (Å²) in [6.45, 7) is 3.34. The van der Waals surface area contributed by atoms with Gasteiger partial charge < -0.3 is 14.8 Å². The summed E-state index contributed by atoms with van der Waals surface area (Å²) in [5.74, 6) is 0.948. The number of rotatable bonds is 4. The number of hydrogen-bond donors (Lipinski definition) is 2. The fraction of sp³-hybridized carbons (Fsp3) is 0.591. The molecule has 31 heavy (non-hydrogen) atoms. The second kappa shape index (κ2) is 7.94. The van der Waals surface area contributed by atoms with Crippen LogP contribution in [0.15, 0.2) is 10.9 Å². The van der Waals surface area contributed by atoms with Gasteiger partial charge in [-0.25, -0.2) is 4.98 Å². The van der Waals surface area contributed by atoms with E-state index in [0.717, 1.165) is 37.8 Å². The Hall–Kier alpha value is -2.97. The second-order valence-electron chi connectivity index (χ2n) is 8.79. The lowest BCUT2D eigenvalue weighted by atomic mass is 9.99. The molecule has 0 aromatic carbocycles. The van der Waals surface area contributed by atoms with E-state index in [-0.39, 0.29) is 23.4 Å². The van der Waals surface area contributed by atoms with E-state index < -0.39 is 0 Å². The maximum atomic E-state index is 13.3. The molecular weight excluding hydrogens is 396 g/mol. The number of nitrogens with zero attached hydrogens (tertiary/aromatic N) is 4. The average Bonchev–Trinajstić information content (AvgIpc) is 3.54. The van der Waals surface area contributed by atoms with Gasteiger partial charge in [0.2, 0.25) is 5.91 Å². The first-order valence-electron chi connectivity index (χ1n) is 11.3. The Balaban J connectivity index is 1.43. The van der Waals surface area contributed by atoms with Crippen LogP contribution in [-0.4, -0.2) is 54.9 Å². The molecule has 9 heteroatoms. The fourth-order valence-corrected chi connectivity index (χ4v) is 4.71. The number of nitrogens with one attached hydrogen (secondary N) is 2. The molecule has 3 aliphatic rings. The van der Waals surface area contributed by atoms with Crippen molar-refractivity contribution < 1.29 is 9.59 Å². The van der Waals surface area contributed by atoms with Crippen LogP contribution in [0.4, 0.5) is 0 Å². The van der Waals surface area contributed by atoms with E-state index in [1.54, 1.807) is 9.80 Å². The second-order valence-corrected chi connectivity index (χ2v) is 8.79. The van der Waals surface area contributed by atoms with Gasteiger partial charge in [-0.1, -0.05) is 6.92 Å². The molecule has 1 saturated carbocycles. The molecule has 1 atom stereocenters. The molecule has 2 aromatic heterocycles. The van der Waals surface area contributed by atoms with Gasteiger partial charge in [0.15, 0.2) is 0 Å². The molecule has 1 saturated heterocycles. The number of amides is 2. The van der Waals surface area contributed by atoms with Gasteiger partial charge in [0.25, 0.3) is 11.5 Å². The van der Waals surface area contributed by atoms with Crippen molar-refractivity contribution in [2.75, 3.05) is 13.1 Å². The number of carbonyl (C=O) groups is 2. The zero-order chi connectivity index (χ0) is 21.5. The fourth-order valence-electron chi connectivity index (χ4n) is 4.71. The van der Waals surface area contributed by atoms with Crippen molar-refractivity contribution in [3.8, 4) is 0 Å². The van der Waals surface area contributed by atoms with E-state index in [1.165, 1.54) is 0 Å². The summed E-state index contributed by atoms with van der Waals surface area (Å²) in [5, 5.41) is 7.26. The molecule has 164 valence electrons. The number of aromatic amines is 2. The van der Waals surface area contributed by atoms with Gasteiger partial charge in [0, 0.05) is 36.7 Å². The first-order valence-corrected chi connectivity index (χ1v) is 11.3. The number of hydrogen-bond acceptors (Lipinski definition) is 5. The third kappa shape index (κ3) is 3.77. The molecule has 4 heterocycles. The molecule has 5 rings (SSSR count). The number of likely N-dealkylation sites (tertiary alicyclic amines) is 1.